The Balaban J connectivity index is 1.74. The number of aliphatic hydroxyl groups excluding tert-OH is 1. The van der Waals surface area contributed by atoms with Crippen molar-refractivity contribution in [3.05, 3.63) is 0 Å². The Bertz CT molecular complexity index is 216. The molecule has 1 aliphatic heterocycles. The SMILES string of the molecule is CNC1CCC(N2CCC(C(C)O)CC2)CC1. The summed E-state index contributed by atoms with van der Waals surface area (Å²) in [6.07, 6.45) is 7.62. The van der Waals surface area contributed by atoms with Crippen LogP contribution in [0.1, 0.15) is 45.4 Å². The number of nitrogens with zero attached hydrogens (tertiary/aromatic N) is 1. The molecule has 1 unspecified atom stereocenters. The summed E-state index contributed by atoms with van der Waals surface area (Å²) in [5.74, 6) is 0.542. The van der Waals surface area contributed by atoms with Crippen LogP contribution in [0.3, 0.4) is 0 Å². The monoisotopic (exact) mass is 240 g/mol. The fourth-order valence-corrected chi connectivity index (χ4v) is 3.50. The lowest BCUT2D eigenvalue weighted by Crippen LogP contribution is -2.46. The van der Waals surface area contributed by atoms with E-state index in [4.69, 9.17) is 0 Å². The zero-order chi connectivity index (χ0) is 12.3. The number of aliphatic hydroxyl groups is 1. The van der Waals surface area contributed by atoms with Gasteiger partial charge in [-0.25, -0.2) is 0 Å². The van der Waals surface area contributed by atoms with Gasteiger partial charge in [0.2, 0.25) is 0 Å². The lowest BCUT2D eigenvalue weighted by Gasteiger charge is -2.41. The van der Waals surface area contributed by atoms with E-state index in [-0.39, 0.29) is 6.10 Å². The van der Waals surface area contributed by atoms with E-state index in [2.05, 4.69) is 17.3 Å². The highest BCUT2D eigenvalue weighted by atomic mass is 16.3. The van der Waals surface area contributed by atoms with E-state index in [1.165, 1.54) is 51.6 Å². The Kier molecular flexibility index (Phi) is 4.83. The van der Waals surface area contributed by atoms with Gasteiger partial charge in [0.25, 0.3) is 0 Å². The van der Waals surface area contributed by atoms with E-state index in [0.717, 1.165) is 12.1 Å². The predicted octanol–water partition coefficient (Wildman–Crippen LogP) is 1.61. The smallest absolute Gasteiger partial charge is 0.0541 e. The molecular weight excluding hydrogens is 212 g/mol. The molecule has 2 aliphatic rings. The Hall–Kier alpha value is -0.120. The van der Waals surface area contributed by atoms with Gasteiger partial charge in [-0.15, -0.1) is 0 Å². The molecular formula is C14H28N2O. The topological polar surface area (TPSA) is 35.5 Å². The summed E-state index contributed by atoms with van der Waals surface area (Å²) in [6, 6.07) is 1.57. The average molecular weight is 240 g/mol. The predicted molar refractivity (Wildman–Crippen MR) is 71.1 cm³/mol. The van der Waals surface area contributed by atoms with E-state index in [1.807, 2.05) is 6.92 Å². The lowest BCUT2D eigenvalue weighted by atomic mass is 9.86. The molecule has 1 aliphatic carbocycles. The van der Waals surface area contributed by atoms with Crippen LogP contribution in [0.5, 0.6) is 0 Å². The lowest BCUT2D eigenvalue weighted by molar-refractivity contribution is 0.0454. The van der Waals surface area contributed by atoms with Crippen LogP contribution in [0.25, 0.3) is 0 Å². The second-order valence-corrected chi connectivity index (χ2v) is 5.91. The van der Waals surface area contributed by atoms with Gasteiger partial charge in [0, 0.05) is 12.1 Å². The van der Waals surface area contributed by atoms with E-state index < -0.39 is 0 Å². The second kappa shape index (κ2) is 6.17. The van der Waals surface area contributed by atoms with Gasteiger partial charge in [0.1, 0.15) is 0 Å². The minimum absolute atomic E-state index is 0.114. The molecule has 0 radical (unpaired) electrons. The second-order valence-electron chi connectivity index (χ2n) is 5.91. The molecule has 2 rings (SSSR count). The van der Waals surface area contributed by atoms with Gasteiger partial charge in [-0.05, 0) is 71.5 Å². The fourth-order valence-electron chi connectivity index (χ4n) is 3.50. The van der Waals surface area contributed by atoms with E-state index in [9.17, 15) is 5.11 Å². The molecule has 2 fully saturated rings. The van der Waals surface area contributed by atoms with Crippen LogP contribution in [0.2, 0.25) is 0 Å². The van der Waals surface area contributed by atoms with Crippen molar-refractivity contribution < 1.29 is 5.11 Å². The number of hydrogen-bond acceptors (Lipinski definition) is 3. The fraction of sp³-hybridized carbons (Fsp3) is 1.00. The van der Waals surface area contributed by atoms with Crippen LogP contribution < -0.4 is 5.32 Å². The third kappa shape index (κ3) is 3.43. The summed E-state index contributed by atoms with van der Waals surface area (Å²) in [5.41, 5.74) is 0. The van der Waals surface area contributed by atoms with Crippen LogP contribution in [-0.2, 0) is 0 Å². The molecule has 0 aromatic rings. The maximum Gasteiger partial charge on any atom is 0.0541 e. The largest absolute Gasteiger partial charge is 0.393 e. The van der Waals surface area contributed by atoms with Gasteiger partial charge < -0.3 is 15.3 Å². The van der Waals surface area contributed by atoms with Gasteiger partial charge in [-0.2, -0.15) is 0 Å². The summed E-state index contributed by atoms with van der Waals surface area (Å²) in [5, 5.41) is 13.0. The highest BCUT2D eigenvalue weighted by Gasteiger charge is 2.29. The zero-order valence-electron chi connectivity index (χ0n) is 11.4. The highest BCUT2D eigenvalue weighted by molar-refractivity contribution is 4.85. The van der Waals surface area contributed by atoms with E-state index in [1.54, 1.807) is 0 Å². The number of rotatable bonds is 3. The van der Waals surface area contributed by atoms with Crippen molar-refractivity contribution >= 4 is 0 Å². The maximum absolute atomic E-state index is 9.61. The van der Waals surface area contributed by atoms with Gasteiger partial charge in [-0.3, -0.25) is 0 Å². The quantitative estimate of drug-likeness (QED) is 0.787. The first-order chi connectivity index (χ1) is 8.20. The molecule has 3 heteroatoms. The summed E-state index contributed by atoms with van der Waals surface area (Å²) < 4.78 is 0. The van der Waals surface area contributed by atoms with Crippen LogP contribution >= 0.6 is 0 Å². The molecule has 0 spiro atoms. The summed E-state index contributed by atoms with van der Waals surface area (Å²) in [6.45, 7) is 4.34. The van der Waals surface area contributed by atoms with Gasteiger partial charge >= 0.3 is 0 Å². The number of likely N-dealkylation sites (tertiary alicyclic amines) is 1. The minimum atomic E-state index is -0.114. The van der Waals surface area contributed by atoms with Crippen LogP contribution in [0.4, 0.5) is 0 Å². The molecule has 0 bridgehead atoms. The molecule has 0 amide bonds. The summed E-state index contributed by atoms with van der Waals surface area (Å²) >= 11 is 0. The highest BCUT2D eigenvalue weighted by Crippen LogP contribution is 2.28. The van der Waals surface area contributed by atoms with Crippen molar-refractivity contribution in [2.45, 2.75) is 63.6 Å². The molecule has 100 valence electrons. The van der Waals surface area contributed by atoms with Crippen molar-refractivity contribution in [3.8, 4) is 0 Å². The molecule has 1 saturated heterocycles. The van der Waals surface area contributed by atoms with Crippen LogP contribution in [0, 0.1) is 5.92 Å². The molecule has 1 heterocycles. The molecule has 2 N–H and O–H groups in total. The normalized spacial score (nSPS) is 34.8. The van der Waals surface area contributed by atoms with Crippen LogP contribution in [0.15, 0.2) is 0 Å². The first-order valence-corrected chi connectivity index (χ1v) is 7.30. The standard InChI is InChI=1S/C14H28N2O/c1-11(17)12-7-9-16(10-8-12)14-5-3-13(15-2)4-6-14/h11-15,17H,3-10H2,1-2H3. The first-order valence-electron chi connectivity index (χ1n) is 7.30. The number of nitrogens with one attached hydrogen (secondary N) is 1. The maximum atomic E-state index is 9.61. The molecule has 1 saturated carbocycles. The third-order valence-corrected chi connectivity index (χ3v) is 4.88. The van der Waals surface area contributed by atoms with Crippen LogP contribution in [-0.4, -0.2) is 48.3 Å². The molecule has 0 aromatic heterocycles. The van der Waals surface area contributed by atoms with Gasteiger partial charge in [0.15, 0.2) is 0 Å². The molecule has 17 heavy (non-hydrogen) atoms. The number of piperidine rings is 1. The first kappa shape index (κ1) is 13.3. The summed E-state index contributed by atoms with van der Waals surface area (Å²) in [7, 11) is 2.08. The molecule has 1 atom stereocenters. The van der Waals surface area contributed by atoms with E-state index >= 15 is 0 Å². The Morgan fingerprint density at radius 2 is 1.65 bits per heavy atom. The summed E-state index contributed by atoms with van der Waals surface area (Å²) in [4.78, 5) is 2.67. The Labute approximate surface area is 106 Å². The molecule has 0 aromatic carbocycles. The minimum Gasteiger partial charge on any atom is -0.393 e. The van der Waals surface area contributed by atoms with Crippen molar-refractivity contribution in [2.24, 2.45) is 5.92 Å². The molecule has 3 nitrogen and oxygen atoms in total. The van der Waals surface area contributed by atoms with Gasteiger partial charge in [0.05, 0.1) is 6.10 Å². The Morgan fingerprint density at radius 3 is 2.12 bits per heavy atom. The zero-order valence-corrected chi connectivity index (χ0v) is 11.4. The van der Waals surface area contributed by atoms with E-state index in [0.29, 0.717) is 5.92 Å². The third-order valence-electron chi connectivity index (χ3n) is 4.88. The Morgan fingerprint density at radius 1 is 1.06 bits per heavy atom. The van der Waals surface area contributed by atoms with Crippen molar-refractivity contribution in [2.75, 3.05) is 20.1 Å². The van der Waals surface area contributed by atoms with Crippen molar-refractivity contribution in [3.63, 3.8) is 0 Å². The van der Waals surface area contributed by atoms with Gasteiger partial charge in [-0.1, -0.05) is 0 Å². The van der Waals surface area contributed by atoms with Crippen molar-refractivity contribution in [1.29, 1.82) is 0 Å². The average Bonchev–Trinajstić information content (AvgIpc) is 2.39. The van der Waals surface area contributed by atoms with Crippen molar-refractivity contribution in [1.82, 2.24) is 10.2 Å². The number of hydrogen-bond donors (Lipinski definition) is 2.